The second-order valence-corrected chi connectivity index (χ2v) is 4.62. The van der Waals surface area contributed by atoms with Gasteiger partial charge in [0.05, 0.1) is 0 Å². The smallest absolute Gasteiger partial charge is 0.327 e. The first-order chi connectivity index (χ1) is 8.63. The van der Waals surface area contributed by atoms with Crippen LogP contribution in [0.5, 0.6) is 0 Å². The van der Waals surface area contributed by atoms with E-state index in [2.05, 4.69) is 16.6 Å². The van der Waals surface area contributed by atoms with Gasteiger partial charge in [0, 0.05) is 12.8 Å². The maximum atomic E-state index is 11.6. The van der Waals surface area contributed by atoms with Crippen molar-refractivity contribution in [3.05, 3.63) is 0 Å². The molecule has 1 aliphatic rings. The zero-order valence-corrected chi connectivity index (χ0v) is 10.4. The minimum Gasteiger partial charge on any atom is -0.480 e. The Morgan fingerprint density at radius 1 is 1.56 bits per heavy atom. The average molecular weight is 252 g/mol. The van der Waals surface area contributed by atoms with E-state index in [1.807, 2.05) is 0 Å². The number of terminal acetylenes is 1. The number of carboxylic acids is 1. The van der Waals surface area contributed by atoms with Gasteiger partial charge in [-0.15, -0.1) is 12.3 Å². The monoisotopic (exact) mass is 252 g/mol. The molecule has 1 fully saturated rings. The second kappa shape index (κ2) is 7.72. The summed E-state index contributed by atoms with van der Waals surface area (Å²) in [6.45, 7) is 1.99. The lowest BCUT2D eigenvalue weighted by Gasteiger charge is -2.22. The Morgan fingerprint density at radius 3 is 2.89 bits per heavy atom. The maximum Gasteiger partial charge on any atom is 0.327 e. The van der Waals surface area contributed by atoms with E-state index >= 15 is 0 Å². The summed E-state index contributed by atoms with van der Waals surface area (Å²) in [7, 11) is 0. The van der Waals surface area contributed by atoms with Crippen LogP contribution in [0.2, 0.25) is 0 Å². The molecule has 1 aliphatic heterocycles. The number of rotatable bonds is 6. The minimum atomic E-state index is -1.08. The predicted octanol–water partition coefficient (Wildman–Crippen LogP) is 0.359. The van der Waals surface area contributed by atoms with Gasteiger partial charge in [0.2, 0.25) is 5.91 Å². The lowest BCUT2D eigenvalue weighted by atomic mass is 9.94. The first-order valence-electron chi connectivity index (χ1n) is 6.30. The Kier molecular flexibility index (Phi) is 6.23. The van der Waals surface area contributed by atoms with Crippen LogP contribution < -0.4 is 10.6 Å². The quantitative estimate of drug-likeness (QED) is 0.596. The fraction of sp³-hybridized carbons (Fsp3) is 0.692. The van der Waals surface area contributed by atoms with Crippen molar-refractivity contribution in [1.82, 2.24) is 10.6 Å². The van der Waals surface area contributed by atoms with Crippen molar-refractivity contribution in [1.29, 1.82) is 0 Å². The van der Waals surface area contributed by atoms with E-state index in [0.717, 1.165) is 32.4 Å². The normalized spacial score (nSPS) is 20.7. The lowest BCUT2D eigenvalue weighted by Crippen LogP contribution is -2.40. The molecule has 5 nitrogen and oxygen atoms in total. The highest BCUT2D eigenvalue weighted by molar-refractivity contribution is 5.83. The Morgan fingerprint density at radius 2 is 2.33 bits per heavy atom. The van der Waals surface area contributed by atoms with E-state index in [-0.39, 0.29) is 12.3 Å². The van der Waals surface area contributed by atoms with Crippen molar-refractivity contribution in [3.8, 4) is 12.3 Å². The second-order valence-electron chi connectivity index (χ2n) is 4.62. The molecule has 0 bridgehead atoms. The van der Waals surface area contributed by atoms with Crippen LogP contribution in [0.15, 0.2) is 0 Å². The van der Waals surface area contributed by atoms with Crippen LogP contribution in [0.25, 0.3) is 0 Å². The first-order valence-corrected chi connectivity index (χ1v) is 6.30. The van der Waals surface area contributed by atoms with Gasteiger partial charge in [0.1, 0.15) is 6.04 Å². The molecule has 1 heterocycles. The summed E-state index contributed by atoms with van der Waals surface area (Å²) in [4.78, 5) is 22.4. The standard InChI is InChI=1S/C13H20N2O3/c1-2-4-11(13(17)18)15-12(16)7-6-10-5-3-8-14-9-10/h1,10-11,14H,3-9H2,(H,15,16)(H,17,18). The van der Waals surface area contributed by atoms with E-state index in [1.165, 1.54) is 0 Å². The van der Waals surface area contributed by atoms with Gasteiger partial charge in [0.15, 0.2) is 0 Å². The Bertz CT molecular complexity index is 330. The van der Waals surface area contributed by atoms with Crippen molar-refractivity contribution < 1.29 is 14.7 Å². The molecule has 1 saturated heterocycles. The average Bonchev–Trinajstić information content (AvgIpc) is 2.37. The molecule has 0 aromatic rings. The molecule has 3 N–H and O–H groups in total. The fourth-order valence-corrected chi connectivity index (χ4v) is 2.09. The summed E-state index contributed by atoms with van der Waals surface area (Å²) < 4.78 is 0. The van der Waals surface area contributed by atoms with Crippen molar-refractivity contribution in [2.45, 2.75) is 38.1 Å². The first kappa shape index (κ1) is 14.5. The molecular weight excluding hydrogens is 232 g/mol. The third-order valence-corrected chi connectivity index (χ3v) is 3.13. The van der Waals surface area contributed by atoms with Crippen LogP contribution in [-0.4, -0.2) is 36.1 Å². The molecule has 0 aliphatic carbocycles. The van der Waals surface area contributed by atoms with Crippen molar-refractivity contribution in [2.75, 3.05) is 13.1 Å². The fourth-order valence-electron chi connectivity index (χ4n) is 2.09. The van der Waals surface area contributed by atoms with Gasteiger partial charge in [0.25, 0.3) is 0 Å². The van der Waals surface area contributed by atoms with E-state index in [4.69, 9.17) is 11.5 Å². The number of carbonyl (C=O) groups is 2. The van der Waals surface area contributed by atoms with Gasteiger partial charge in [-0.1, -0.05) is 0 Å². The zero-order chi connectivity index (χ0) is 13.4. The third-order valence-electron chi connectivity index (χ3n) is 3.13. The predicted molar refractivity (Wildman–Crippen MR) is 67.8 cm³/mol. The molecule has 0 saturated carbocycles. The third kappa shape index (κ3) is 5.19. The number of nitrogens with one attached hydrogen (secondary N) is 2. The number of hydrogen-bond donors (Lipinski definition) is 3. The molecule has 1 amide bonds. The van der Waals surface area contributed by atoms with Crippen LogP contribution in [0.1, 0.15) is 32.1 Å². The number of aliphatic carboxylic acids is 1. The Labute approximate surface area is 107 Å². The SMILES string of the molecule is C#CCC(NC(=O)CCC1CCCNC1)C(=O)O. The Balaban J connectivity index is 2.27. The van der Waals surface area contributed by atoms with Crippen molar-refractivity contribution in [3.63, 3.8) is 0 Å². The van der Waals surface area contributed by atoms with Crippen molar-refractivity contribution in [2.24, 2.45) is 5.92 Å². The summed E-state index contributed by atoms with van der Waals surface area (Å²) in [6, 6.07) is -0.966. The summed E-state index contributed by atoms with van der Waals surface area (Å²) in [6.07, 6.45) is 8.51. The van der Waals surface area contributed by atoms with E-state index in [9.17, 15) is 9.59 Å². The van der Waals surface area contributed by atoms with E-state index in [1.54, 1.807) is 0 Å². The largest absolute Gasteiger partial charge is 0.480 e. The van der Waals surface area contributed by atoms with E-state index in [0.29, 0.717) is 12.3 Å². The van der Waals surface area contributed by atoms with Crippen LogP contribution >= 0.6 is 0 Å². The Hall–Kier alpha value is -1.54. The molecule has 2 unspecified atom stereocenters. The molecular formula is C13H20N2O3. The van der Waals surface area contributed by atoms with Gasteiger partial charge < -0.3 is 15.7 Å². The molecule has 18 heavy (non-hydrogen) atoms. The lowest BCUT2D eigenvalue weighted by molar-refractivity contribution is -0.141. The molecule has 0 spiro atoms. The molecule has 0 aromatic carbocycles. The van der Waals surface area contributed by atoms with Gasteiger partial charge in [-0.05, 0) is 38.3 Å². The van der Waals surface area contributed by atoms with Crippen LogP contribution in [-0.2, 0) is 9.59 Å². The highest BCUT2D eigenvalue weighted by atomic mass is 16.4. The number of carbonyl (C=O) groups excluding carboxylic acids is 1. The van der Waals surface area contributed by atoms with Gasteiger partial charge in [-0.3, -0.25) is 4.79 Å². The number of hydrogen-bond acceptors (Lipinski definition) is 3. The van der Waals surface area contributed by atoms with Crippen molar-refractivity contribution >= 4 is 11.9 Å². The highest BCUT2D eigenvalue weighted by Gasteiger charge is 2.20. The van der Waals surface area contributed by atoms with Crippen LogP contribution in [0, 0.1) is 18.3 Å². The summed E-state index contributed by atoms with van der Waals surface area (Å²) in [5, 5.41) is 14.6. The summed E-state index contributed by atoms with van der Waals surface area (Å²) in [5.41, 5.74) is 0. The number of amides is 1. The van der Waals surface area contributed by atoms with E-state index < -0.39 is 12.0 Å². The van der Waals surface area contributed by atoms with Gasteiger partial charge in [-0.25, -0.2) is 4.79 Å². The number of carboxylic acid groups (broad SMARTS) is 1. The molecule has 100 valence electrons. The zero-order valence-electron chi connectivity index (χ0n) is 10.4. The summed E-state index contributed by atoms with van der Waals surface area (Å²) in [5.74, 6) is 1.45. The summed E-state index contributed by atoms with van der Waals surface area (Å²) >= 11 is 0. The molecule has 1 rings (SSSR count). The van der Waals surface area contributed by atoms with Crippen LogP contribution in [0.3, 0.4) is 0 Å². The molecule has 0 radical (unpaired) electrons. The number of piperidine rings is 1. The molecule has 5 heteroatoms. The highest BCUT2D eigenvalue weighted by Crippen LogP contribution is 2.15. The van der Waals surface area contributed by atoms with Crippen LogP contribution in [0.4, 0.5) is 0 Å². The minimum absolute atomic E-state index is 0.0199. The van der Waals surface area contributed by atoms with Gasteiger partial charge >= 0.3 is 5.97 Å². The maximum absolute atomic E-state index is 11.6. The topological polar surface area (TPSA) is 78.4 Å². The molecule has 0 aromatic heterocycles. The van der Waals surface area contributed by atoms with Gasteiger partial charge in [-0.2, -0.15) is 0 Å². The molecule has 2 atom stereocenters.